The molecule has 0 radical (unpaired) electrons. The molecule has 0 aromatic heterocycles. The Kier molecular flexibility index (Phi) is 3.84. The third-order valence-electron chi connectivity index (χ3n) is 3.05. The number of likely N-dealkylation sites (tertiary alicyclic amines) is 1. The highest BCUT2D eigenvalue weighted by atomic mass is 19.1. The first-order chi connectivity index (χ1) is 9.49. The molecular weight excluding hydrogens is 265 g/mol. The molecule has 7 heteroatoms. The van der Waals surface area contributed by atoms with E-state index in [0.717, 1.165) is 6.07 Å². The number of amides is 2. The number of nitrogens with zero attached hydrogens (tertiary/aromatic N) is 2. The van der Waals surface area contributed by atoms with Crippen molar-refractivity contribution in [1.82, 2.24) is 4.90 Å². The molecule has 2 amide bonds. The number of urea groups is 1. The van der Waals surface area contributed by atoms with Crippen molar-refractivity contribution < 1.29 is 19.1 Å². The van der Waals surface area contributed by atoms with E-state index in [1.54, 1.807) is 6.07 Å². The summed E-state index contributed by atoms with van der Waals surface area (Å²) in [6.07, 6.45) is 0.0228. The predicted octanol–water partition coefficient (Wildman–Crippen LogP) is 1.64. The number of carboxylic acids is 1. The van der Waals surface area contributed by atoms with Gasteiger partial charge < -0.3 is 15.3 Å². The molecule has 1 saturated heterocycles. The molecule has 0 atom stereocenters. The second kappa shape index (κ2) is 5.57. The highest BCUT2D eigenvalue weighted by molar-refractivity contribution is 5.90. The van der Waals surface area contributed by atoms with Crippen LogP contribution in [0.1, 0.15) is 12.0 Å². The number of anilines is 1. The van der Waals surface area contributed by atoms with Gasteiger partial charge in [0, 0.05) is 19.0 Å². The van der Waals surface area contributed by atoms with Gasteiger partial charge in [-0.2, -0.15) is 5.26 Å². The van der Waals surface area contributed by atoms with E-state index < -0.39 is 17.8 Å². The van der Waals surface area contributed by atoms with Crippen LogP contribution < -0.4 is 5.32 Å². The normalized spacial score (nSPS) is 14.3. The second-order valence-electron chi connectivity index (χ2n) is 4.61. The minimum atomic E-state index is -0.895. The first-order valence-electron chi connectivity index (χ1n) is 5.97. The average molecular weight is 277 g/mol. The SMILES string of the molecule is N#Cc1ccc(NC(=O)N2CC(CC(=O)O)C2)c(F)c1. The van der Waals surface area contributed by atoms with Gasteiger partial charge in [-0.15, -0.1) is 0 Å². The lowest BCUT2D eigenvalue weighted by atomic mass is 9.97. The van der Waals surface area contributed by atoms with Gasteiger partial charge >= 0.3 is 12.0 Å². The Balaban J connectivity index is 1.90. The van der Waals surface area contributed by atoms with Crippen LogP contribution >= 0.6 is 0 Å². The lowest BCUT2D eigenvalue weighted by Gasteiger charge is -2.38. The summed E-state index contributed by atoms with van der Waals surface area (Å²) < 4.78 is 13.6. The van der Waals surface area contributed by atoms with Gasteiger partial charge in [-0.3, -0.25) is 4.79 Å². The smallest absolute Gasteiger partial charge is 0.321 e. The number of nitriles is 1. The van der Waals surface area contributed by atoms with Crippen molar-refractivity contribution in [2.45, 2.75) is 6.42 Å². The lowest BCUT2D eigenvalue weighted by Crippen LogP contribution is -2.52. The van der Waals surface area contributed by atoms with Crippen LogP contribution in [-0.4, -0.2) is 35.1 Å². The fraction of sp³-hybridized carbons (Fsp3) is 0.308. The molecule has 1 aromatic rings. The van der Waals surface area contributed by atoms with Crippen molar-refractivity contribution in [3.05, 3.63) is 29.6 Å². The van der Waals surface area contributed by atoms with E-state index in [0.29, 0.717) is 13.1 Å². The van der Waals surface area contributed by atoms with Crippen LogP contribution in [-0.2, 0) is 4.79 Å². The van der Waals surface area contributed by atoms with Gasteiger partial charge in [-0.1, -0.05) is 0 Å². The molecule has 1 aliphatic rings. The van der Waals surface area contributed by atoms with Crippen molar-refractivity contribution >= 4 is 17.7 Å². The number of hydrogen-bond donors (Lipinski definition) is 2. The maximum Gasteiger partial charge on any atom is 0.321 e. The van der Waals surface area contributed by atoms with Crippen molar-refractivity contribution in [3.8, 4) is 6.07 Å². The van der Waals surface area contributed by atoms with Gasteiger partial charge in [0.2, 0.25) is 0 Å². The molecule has 104 valence electrons. The first kappa shape index (κ1) is 13.8. The Labute approximate surface area is 114 Å². The standard InChI is InChI=1S/C13H12FN3O3/c14-10-3-8(5-15)1-2-11(10)16-13(20)17-6-9(7-17)4-12(18)19/h1-3,9H,4,6-7H2,(H,16,20)(H,18,19). The molecule has 1 aliphatic heterocycles. The van der Waals surface area contributed by atoms with E-state index in [1.165, 1.54) is 17.0 Å². The molecule has 2 N–H and O–H groups in total. The monoisotopic (exact) mass is 277 g/mol. The van der Waals surface area contributed by atoms with Gasteiger partial charge in [0.05, 0.1) is 23.7 Å². The molecule has 6 nitrogen and oxygen atoms in total. The van der Waals surface area contributed by atoms with Crippen LogP contribution in [0.4, 0.5) is 14.9 Å². The largest absolute Gasteiger partial charge is 0.481 e. The van der Waals surface area contributed by atoms with Gasteiger partial charge in [0.25, 0.3) is 0 Å². The highest BCUT2D eigenvalue weighted by Crippen LogP contribution is 2.21. The molecule has 2 rings (SSSR count). The number of nitrogens with one attached hydrogen (secondary N) is 1. The number of hydrogen-bond acceptors (Lipinski definition) is 3. The zero-order valence-corrected chi connectivity index (χ0v) is 10.5. The predicted molar refractivity (Wildman–Crippen MR) is 67.4 cm³/mol. The van der Waals surface area contributed by atoms with Gasteiger partial charge in [0.1, 0.15) is 5.82 Å². The van der Waals surface area contributed by atoms with E-state index >= 15 is 0 Å². The third kappa shape index (κ3) is 3.03. The summed E-state index contributed by atoms with van der Waals surface area (Å²) in [4.78, 5) is 23.7. The quantitative estimate of drug-likeness (QED) is 0.878. The molecule has 1 fully saturated rings. The van der Waals surface area contributed by atoms with E-state index in [1.807, 2.05) is 0 Å². The van der Waals surface area contributed by atoms with Gasteiger partial charge in [-0.05, 0) is 18.2 Å². The lowest BCUT2D eigenvalue weighted by molar-refractivity contribution is -0.139. The number of carbonyl (C=O) groups excluding carboxylic acids is 1. The van der Waals surface area contributed by atoms with Crippen LogP contribution in [0.5, 0.6) is 0 Å². The number of rotatable bonds is 3. The maximum atomic E-state index is 13.6. The van der Waals surface area contributed by atoms with Crippen LogP contribution in [0.2, 0.25) is 0 Å². The molecule has 0 spiro atoms. The fourth-order valence-corrected chi connectivity index (χ4v) is 1.99. The van der Waals surface area contributed by atoms with Crippen molar-refractivity contribution in [2.24, 2.45) is 5.92 Å². The molecule has 0 bridgehead atoms. The van der Waals surface area contributed by atoms with Crippen molar-refractivity contribution in [2.75, 3.05) is 18.4 Å². The molecule has 20 heavy (non-hydrogen) atoms. The summed E-state index contributed by atoms with van der Waals surface area (Å²) in [6.45, 7) is 0.687. The van der Waals surface area contributed by atoms with E-state index in [4.69, 9.17) is 10.4 Å². The van der Waals surface area contributed by atoms with Crippen LogP contribution in [0.3, 0.4) is 0 Å². The van der Waals surface area contributed by atoms with Crippen molar-refractivity contribution in [1.29, 1.82) is 5.26 Å². The summed E-state index contributed by atoms with van der Waals surface area (Å²) in [5.74, 6) is -1.63. The van der Waals surface area contributed by atoms with Gasteiger partial charge in [-0.25, -0.2) is 9.18 Å². The molecule has 0 aliphatic carbocycles. The Morgan fingerprint density at radius 3 is 2.75 bits per heavy atom. The maximum absolute atomic E-state index is 13.6. The molecule has 0 saturated carbocycles. The summed E-state index contributed by atoms with van der Waals surface area (Å²) in [5, 5.41) is 19.6. The average Bonchev–Trinajstić information content (AvgIpc) is 2.35. The number of halogens is 1. The number of carboxylic acid groups (broad SMARTS) is 1. The Bertz CT molecular complexity index is 591. The minimum Gasteiger partial charge on any atom is -0.481 e. The van der Waals surface area contributed by atoms with E-state index in [9.17, 15) is 14.0 Å². The van der Waals surface area contributed by atoms with E-state index in [2.05, 4.69) is 5.32 Å². The Morgan fingerprint density at radius 2 is 2.20 bits per heavy atom. The fourth-order valence-electron chi connectivity index (χ4n) is 1.99. The highest BCUT2D eigenvalue weighted by Gasteiger charge is 2.32. The summed E-state index contributed by atoms with van der Waals surface area (Å²) >= 11 is 0. The van der Waals surface area contributed by atoms with Crippen LogP contribution in [0, 0.1) is 23.1 Å². The second-order valence-corrected chi connectivity index (χ2v) is 4.61. The molecule has 1 heterocycles. The first-order valence-corrected chi connectivity index (χ1v) is 5.97. The topological polar surface area (TPSA) is 93.4 Å². The zero-order chi connectivity index (χ0) is 14.7. The number of benzene rings is 1. The van der Waals surface area contributed by atoms with Crippen LogP contribution in [0.25, 0.3) is 0 Å². The number of aliphatic carboxylic acids is 1. The Hall–Kier alpha value is -2.62. The minimum absolute atomic E-state index is 0.00400. The summed E-state index contributed by atoms with van der Waals surface area (Å²) in [5.41, 5.74) is 0.168. The van der Waals surface area contributed by atoms with E-state index in [-0.39, 0.29) is 23.6 Å². The Morgan fingerprint density at radius 1 is 1.50 bits per heavy atom. The molecule has 0 unspecified atom stereocenters. The summed E-state index contributed by atoms with van der Waals surface area (Å²) in [7, 11) is 0. The zero-order valence-electron chi connectivity index (χ0n) is 10.5. The third-order valence-corrected chi connectivity index (χ3v) is 3.05. The molecular formula is C13H12FN3O3. The summed E-state index contributed by atoms with van der Waals surface area (Å²) in [6, 6.07) is 5.09. The van der Waals surface area contributed by atoms with Crippen LogP contribution in [0.15, 0.2) is 18.2 Å². The van der Waals surface area contributed by atoms with Crippen molar-refractivity contribution in [3.63, 3.8) is 0 Å². The van der Waals surface area contributed by atoms with Gasteiger partial charge in [0.15, 0.2) is 0 Å². The molecule has 1 aromatic carbocycles. The number of carbonyl (C=O) groups is 2.